The number of hydrogen-bond acceptors (Lipinski definition) is 6. The van der Waals surface area contributed by atoms with Crippen LogP contribution >= 0.6 is 11.3 Å². The summed E-state index contributed by atoms with van der Waals surface area (Å²) in [5.41, 5.74) is 1.56. The molecule has 8 heteroatoms. The van der Waals surface area contributed by atoms with Crippen LogP contribution in [0.1, 0.15) is 17.8 Å². The van der Waals surface area contributed by atoms with E-state index in [4.69, 9.17) is 4.74 Å². The first kappa shape index (κ1) is 14.4. The number of allylic oxidation sites excluding steroid dienone is 1. The monoisotopic (exact) mass is 331 g/mol. The first-order valence-corrected chi connectivity index (χ1v) is 8.41. The molecule has 120 valence electrons. The zero-order valence-corrected chi connectivity index (χ0v) is 13.5. The summed E-state index contributed by atoms with van der Waals surface area (Å²) in [5, 5.41) is 9.54. The lowest BCUT2D eigenvalue weighted by Gasteiger charge is -2.33. The Kier molecular flexibility index (Phi) is 3.62. The third kappa shape index (κ3) is 2.43. The summed E-state index contributed by atoms with van der Waals surface area (Å²) in [6, 6.07) is 3.79. The van der Waals surface area contributed by atoms with Crippen LogP contribution in [0.2, 0.25) is 0 Å². The molecule has 2 aromatic rings. The molecule has 23 heavy (non-hydrogen) atoms. The Bertz CT molecular complexity index is 746. The number of nitrogens with one attached hydrogen (secondary N) is 1. The number of aromatic nitrogens is 3. The summed E-state index contributed by atoms with van der Waals surface area (Å²) in [7, 11) is 0. The average Bonchev–Trinajstić information content (AvgIpc) is 3.25. The molecule has 1 saturated heterocycles. The predicted molar refractivity (Wildman–Crippen MR) is 86.2 cm³/mol. The number of carbonyl (C=O) groups is 1. The lowest BCUT2D eigenvalue weighted by molar-refractivity contribution is -0.131. The normalized spacial score (nSPS) is 21.1. The molecule has 2 aliphatic heterocycles. The van der Waals surface area contributed by atoms with E-state index >= 15 is 0 Å². The standard InChI is InChI=1S/C15H17N5O2S/c1-10-12(14(21)19-4-6-22-7-5-19)13(11-3-2-8-23-11)20-15(18-10)16-9-17-20/h2-3,8-9,13H,4-7H2,1H3,(H,16,17,18). The predicted octanol–water partition coefficient (Wildman–Crippen LogP) is 1.49. The summed E-state index contributed by atoms with van der Waals surface area (Å²) < 4.78 is 7.14. The van der Waals surface area contributed by atoms with E-state index in [1.807, 2.05) is 29.3 Å². The molecular weight excluding hydrogens is 314 g/mol. The summed E-state index contributed by atoms with van der Waals surface area (Å²) in [6.45, 7) is 4.34. The number of hydrogen-bond donors (Lipinski definition) is 1. The van der Waals surface area contributed by atoms with E-state index < -0.39 is 0 Å². The fraction of sp³-hybridized carbons (Fsp3) is 0.400. The van der Waals surface area contributed by atoms with Crippen molar-refractivity contribution in [2.45, 2.75) is 13.0 Å². The molecule has 1 amide bonds. The van der Waals surface area contributed by atoms with Crippen molar-refractivity contribution >= 4 is 23.2 Å². The Morgan fingerprint density at radius 2 is 2.26 bits per heavy atom. The molecule has 1 unspecified atom stereocenters. The van der Waals surface area contributed by atoms with Gasteiger partial charge in [0.25, 0.3) is 5.91 Å². The molecule has 4 heterocycles. The maximum atomic E-state index is 13.1. The van der Waals surface area contributed by atoms with Crippen LogP contribution in [0.5, 0.6) is 0 Å². The van der Waals surface area contributed by atoms with Gasteiger partial charge in [-0.3, -0.25) is 4.79 Å². The van der Waals surface area contributed by atoms with Gasteiger partial charge in [-0.25, -0.2) is 4.68 Å². The van der Waals surface area contributed by atoms with Crippen molar-refractivity contribution < 1.29 is 9.53 Å². The van der Waals surface area contributed by atoms with Gasteiger partial charge >= 0.3 is 0 Å². The minimum Gasteiger partial charge on any atom is -0.378 e. The fourth-order valence-corrected chi connectivity index (χ4v) is 3.83. The van der Waals surface area contributed by atoms with Gasteiger partial charge in [0.1, 0.15) is 12.4 Å². The van der Waals surface area contributed by atoms with Gasteiger partial charge in [0, 0.05) is 23.7 Å². The average molecular weight is 331 g/mol. The Labute approximate surface area is 137 Å². The van der Waals surface area contributed by atoms with Gasteiger partial charge in [0.15, 0.2) is 0 Å². The number of morpholine rings is 1. The van der Waals surface area contributed by atoms with E-state index in [0.29, 0.717) is 32.3 Å². The van der Waals surface area contributed by atoms with Crippen LogP contribution in [-0.2, 0) is 9.53 Å². The lowest BCUT2D eigenvalue weighted by atomic mass is 10.00. The van der Waals surface area contributed by atoms with Crippen molar-refractivity contribution in [3.63, 3.8) is 0 Å². The topological polar surface area (TPSA) is 72.3 Å². The summed E-state index contributed by atoms with van der Waals surface area (Å²) in [6.07, 6.45) is 1.51. The number of nitrogens with zero attached hydrogens (tertiary/aromatic N) is 4. The Balaban J connectivity index is 1.77. The molecule has 1 fully saturated rings. The Morgan fingerprint density at radius 1 is 1.43 bits per heavy atom. The van der Waals surface area contributed by atoms with E-state index in [0.717, 1.165) is 16.1 Å². The van der Waals surface area contributed by atoms with Crippen molar-refractivity contribution in [1.29, 1.82) is 0 Å². The molecule has 2 aliphatic rings. The molecule has 1 atom stereocenters. The molecule has 0 spiro atoms. The smallest absolute Gasteiger partial charge is 0.254 e. The number of ether oxygens (including phenoxy) is 1. The summed E-state index contributed by atoms with van der Waals surface area (Å²) >= 11 is 1.62. The van der Waals surface area contributed by atoms with Crippen molar-refractivity contribution in [2.24, 2.45) is 0 Å². The fourth-order valence-electron chi connectivity index (χ4n) is 3.01. The largest absolute Gasteiger partial charge is 0.378 e. The quantitative estimate of drug-likeness (QED) is 0.903. The zero-order valence-electron chi connectivity index (χ0n) is 12.7. The van der Waals surface area contributed by atoms with Crippen LogP contribution in [0.15, 0.2) is 35.1 Å². The van der Waals surface area contributed by atoms with Crippen molar-refractivity contribution in [3.05, 3.63) is 40.0 Å². The van der Waals surface area contributed by atoms with Gasteiger partial charge < -0.3 is 15.0 Å². The molecule has 1 N–H and O–H groups in total. The van der Waals surface area contributed by atoms with Crippen molar-refractivity contribution in [2.75, 3.05) is 31.6 Å². The third-order valence-electron chi connectivity index (χ3n) is 4.14. The molecule has 0 aliphatic carbocycles. The minimum atomic E-state index is -0.232. The van der Waals surface area contributed by atoms with Gasteiger partial charge in [0.05, 0.1) is 18.8 Å². The first-order valence-electron chi connectivity index (χ1n) is 7.53. The van der Waals surface area contributed by atoms with E-state index in [2.05, 4.69) is 15.4 Å². The van der Waals surface area contributed by atoms with Crippen LogP contribution in [0.25, 0.3) is 0 Å². The second-order valence-corrected chi connectivity index (χ2v) is 6.49. The van der Waals surface area contributed by atoms with Crippen LogP contribution in [-0.4, -0.2) is 51.9 Å². The second-order valence-electron chi connectivity index (χ2n) is 5.51. The number of thiophene rings is 1. The number of carbonyl (C=O) groups excluding carboxylic acids is 1. The van der Waals surface area contributed by atoms with Crippen LogP contribution in [0.4, 0.5) is 5.95 Å². The van der Waals surface area contributed by atoms with Gasteiger partial charge in [-0.2, -0.15) is 10.1 Å². The molecule has 0 bridgehead atoms. The van der Waals surface area contributed by atoms with Gasteiger partial charge in [-0.1, -0.05) is 6.07 Å². The highest BCUT2D eigenvalue weighted by Crippen LogP contribution is 2.37. The zero-order chi connectivity index (χ0) is 15.8. The highest BCUT2D eigenvalue weighted by molar-refractivity contribution is 7.10. The highest BCUT2D eigenvalue weighted by atomic mass is 32.1. The number of rotatable bonds is 2. The molecule has 2 aromatic heterocycles. The molecular formula is C15H17N5O2S. The SMILES string of the molecule is CC1=C(C(=O)N2CCOCC2)C(c2cccs2)n2ncnc2N1. The Hall–Kier alpha value is -2.19. The molecule has 7 nitrogen and oxygen atoms in total. The number of amides is 1. The lowest BCUT2D eigenvalue weighted by Crippen LogP contribution is -2.44. The first-order chi connectivity index (χ1) is 11.3. The molecule has 0 saturated carbocycles. The summed E-state index contributed by atoms with van der Waals surface area (Å²) in [5.74, 6) is 0.706. The van der Waals surface area contributed by atoms with Crippen LogP contribution in [0, 0.1) is 0 Å². The van der Waals surface area contributed by atoms with Gasteiger partial charge in [0.2, 0.25) is 5.95 Å². The Morgan fingerprint density at radius 3 is 3.00 bits per heavy atom. The van der Waals surface area contributed by atoms with E-state index in [1.165, 1.54) is 6.33 Å². The van der Waals surface area contributed by atoms with Gasteiger partial charge in [-0.05, 0) is 18.4 Å². The summed E-state index contributed by atoms with van der Waals surface area (Å²) in [4.78, 5) is 20.3. The van der Waals surface area contributed by atoms with Gasteiger partial charge in [-0.15, -0.1) is 11.3 Å². The van der Waals surface area contributed by atoms with Crippen LogP contribution < -0.4 is 5.32 Å². The molecule has 0 aromatic carbocycles. The number of anilines is 1. The van der Waals surface area contributed by atoms with Crippen molar-refractivity contribution in [3.8, 4) is 0 Å². The second kappa shape index (κ2) is 5.78. The molecule has 0 radical (unpaired) electrons. The highest BCUT2D eigenvalue weighted by Gasteiger charge is 2.36. The third-order valence-corrected chi connectivity index (χ3v) is 5.06. The van der Waals surface area contributed by atoms with Crippen molar-refractivity contribution in [1.82, 2.24) is 19.7 Å². The molecule has 4 rings (SSSR count). The van der Waals surface area contributed by atoms with Crippen LogP contribution in [0.3, 0.4) is 0 Å². The van der Waals surface area contributed by atoms with E-state index in [9.17, 15) is 4.79 Å². The maximum Gasteiger partial charge on any atom is 0.254 e. The minimum absolute atomic E-state index is 0.0397. The van der Waals surface area contributed by atoms with E-state index in [-0.39, 0.29) is 11.9 Å². The number of fused-ring (bicyclic) bond motifs is 1. The van der Waals surface area contributed by atoms with E-state index in [1.54, 1.807) is 16.0 Å². The maximum absolute atomic E-state index is 13.1.